The molecule has 0 radical (unpaired) electrons. The maximum atomic E-state index is 8.80. The zero-order chi connectivity index (χ0) is 12.1. The second-order valence-corrected chi connectivity index (χ2v) is 4.40. The molecule has 1 saturated carbocycles. The topological polar surface area (TPSA) is 64.8 Å². The first-order chi connectivity index (χ1) is 8.29. The second kappa shape index (κ2) is 5.48. The van der Waals surface area contributed by atoms with E-state index < -0.39 is 0 Å². The number of nitrogens with one attached hydrogen (secondary N) is 1. The van der Waals surface area contributed by atoms with E-state index in [0.717, 1.165) is 5.82 Å². The van der Waals surface area contributed by atoms with Gasteiger partial charge in [-0.3, -0.25) is 4.90 Å². The lowest BCUT2D eigenvalue weighted by atomic mass is 9.95. The van der Waals surface area contributed by atoms with E-state index in [-0.39, 0.29) is 0 Å². The van der Waals surface area contributed by atoms with Gasteiger partial charge in [-0.15, -0.1) is 0 Å². The summed E-state index contributed by atoms with van der Waals surface area (Å²) in [7, 11) is 1.69. The van der Waals surface area contributed by atoms with Crippen LogP contribution in [-0.4, -0.2) is 23.1 Å². The molecule has 1 N–H and O–H groups in total. The predicted octanol–water partition coefficient (Wildman–Crippen LogP) is 2.14. The second-order valence-electron chi connectivity index (χ2n) is 4.40. The molecule has 1 heterocycles. The Hall–Kier alpha value is -1.83. The highest BCUT2D eigenvalue weighted by atomic mass is 15.2. The first-order valence-corrected chi connectivity index (χ1v) is 6.01. The summed E-state index contributed by atoms with van der Waals surface area (Å²) in [6, 6.07) is 2.33. The Labute approximate surface area is 101 Å². The average molecular weight is 231 g/mol. The van der Waals surface area contributed by atoms with Crippen molar-refractivity contribution < 1.29 is 0 Å². The molecule has 1 aliphatic carbocycles. The zero-order valence-corrected chi connectivity index (χ0v) is 10.1. The smallest absolute Gasteiger partial charge is 0.185 e. The van der Waals surface area contributed by atoms with E-state index in [9.17, 15) is 0 Å². The highest BCUT2D eigenvalue weighted by Crippen LogP contribution is 2.21. The fourth-order valence-corrected chi connectivity index (χ4v) is 2.12. The van der Waals surface area contributed by atoms with Crippen LogP contribution in [0.1, 0.15) is 32.1 Å². The van der Waals surface area contributed by atoms with E-state index in [4.69, 9.17) is 5.26 Å². The lowest BCUT2D eigenvalue weighted by Crippen LogP contribution is -2.23. The van der Waals surface area contributed by atoms with Crippen molar-refractivity contribution in [2.75, 3.05) is 17.3 Å². The van der Waals surface area contributed by atoms with Crippen molar-refractivity contribution in [3.8, 4) is 6.19 Å². The van der Waals surface area contributed by atoms with Crippen molar-refractivity contribution in [3.05, 3.63) is 12.4 Å². The molecular weight excluding hydrogens is 214 g/mol. The maximum Gasteiger partial charge on any atom is 0.185 e. The van der Waals surface area contributed by atoms with Crippen LogP contribution in [-0.2, 0) is 0 Å². The molecule has 1 fully saturated rings. The van der Waals surface area contributed by atoms with Gasteiger partial charge in [0.2, 0.25) is 0 Å². The van der Waals surface area contributed by atoms with Crippen LogP contribution in [0.15, 0.2) is 12.4 Å². The fraction of sp³-hybridized carbons (Fsp3) is 0.583. The lowest BCUT2D eigenvalue weighted by Gasteiger charge is -2.23. The Balaban J connectivity index is 2.03. The van der Waals surface area contributed by atoms with Crippen LogP contribution in [0, 0.1) is 11.5 Å². The number of rotatable bonds is 3. The number of hydrogen-bond acceptors (Lipinski definition) is 5. The van der Waals surface area contributed by atoms with E-state index in [1.807, 2.05) is 12.3 Å². The molecule has 1 aromatic rings. The highest BCUT2D eigenvalue weighted by molar-refractivity contribution is 5.50. The van der Waals surface area contributed by atoms with E-state index >= 15 is 0 Å². The van der Waals surface area contributed by atoms with Gasteiger partial charge in [-0.05, 0) is 12.8 Å². The van der Waals surface area contributed by atoms with Crippen LogP contribution in [0.25, 0.3) is 0 Å². The number of anilines is 2. The summed E-state index contributed by atoms with van der Waals surface area (Å²) >= 11 is 0. The molecule has 17 heavy (non-hydrogen) atoms. The van der Waals surface area contributed by atoms with Crippen LogP contribution in [0.5, 0.6) is 0 Å². The SMILES string of the molecule is CN(C#N)c1cc(NC2CCCCC2)ncn1. The number of aromatic nitrogens is 2. The normalized spacial score (nSPS) is 16.2. The summed E-state index contributed by atoms with van der Waals surface area (Å²) in [5, 5.41) is 12.2. The van der Waals surface area contributed by atoms with Crippen molar-refractivity contribution in [1.82, 2.24) is 9.97 Å². The molecule has 90 valence electrons. The molecule has 0 atom stereocenters. The standard InChI is InChI=1S/C12H17N5/c1-17(8-13)12-7-11(14-9-15-12)16-10-5-3-2-4-6-10/h7,9-10H,2-6H2,1H3,(H,14,15,16). The molecule has 0 bridgehead atoms. The van der Waals surface area contributed by atoms with Gasteiger partial charge >= 0.3 is 0 Å². The Morgan fingerprint density at radius 1 is 1.35 bits per heavy atom. The third-order valence-electron chi connectivity index (χ3n) is 3.10. The van der Waals surface area contributed by atoms with Crippen LogP contribution >= 0.6 is 0 Å². The molecule has 0 amide bonds. The molecule has 2 rings (SSSR count). The largest absolute Gasteiger partial charge is 0.367 e. The number of nitriles is 1. The van der Waals surface area contributed by atoms with E-state index in [2.05, 4.69) is 15.3 Å². The minimum absolute atomic E-state index is 0.513. The van der Waals surface area contributed by atoms with Crippen molar-refractivity contribution in [3.63, 3.8) is 0 Å². The fourth-order valence-electron chi connectivity index (χ4n) is 2.12. The Kier molecular flexibility index (Phi) is 3.76. The van der Waals surface area contributed by atoms with E-state index in [1.165, 1.54) is 43.3 Å². The van der Waals surface area contributed by atoms with Gasteiger partial charge in [-0.2, -0.15) is 5.26 Å². The third-order valence-corrected chi connectivity index (χ3v) is 3.10. The van der Waals surface area contributed by atoms with Gasteiger partial charge in [-0.1, -0.05) is 19.3 Å². The van der Waals surface area contributed by atoms with Crippen LogP contribution in [0.3, 0.4) is 0 Å². The quantitative estimate of drug-likeness (QED) is 0.637. The van der Waals surface area contributed by atoms with E-state index in [0.29, 0.717) is 11.9 Å². The van der Waals surface area contributed by atoms with Crippen molar-refractivity contribution in [2.24, 2.45) is 0 Å². The van der Waals surface area contributed by atoms with Crippen LogP contribution < -0.4 is 10.2 Å². The first kappa shape index (κ1) is 11.6. The summed E-state index contributed by atoms with van der Waals surface area (Å²) < 4.78 is 0. The summed E-state index contributed by atoms with van der Waals surface area (Å²) in [6.07, 6.45) is 9.83. The van der Waals surface area contributed by atoms with Gasteiger partial charge in [0.1, 0.15) is 18.0 Å². The Morgan fingerprint density at radius 2 is 2.12 bits per heavy atom. The zero-order valence-electron chi connectivity index (χ0n) is 10.1. The van der Waals surface area contributed by atoms with Crippen molar-refractivity contribution in [2.45, 2.75) is 38.1 Å². The summed E-state index contributed by atoms with van der Waals surface area (Å²) in [6.45, 7) is 0. The predicted molar refractivity (Wildman–Crippen MR) is 66.5 cm³/mol. The molecule has 5 heteroatoms. The van der Waals surface area contributed by atoms with Crippen molar-refractivity contribution in [1.29, 1.82) is 5.26 Å². The molecule has 0 spiro atoms. The number of hydrogen-bond donors (Lipinski definition) is 1. The van der Waals surface area contributed by atoms with Crippen LogP contribution in [0.2, 0.25) is 0 Å². The van der Waals surface area contributed by atoms with Gasteiger partial charge in [0.15, 0.2) is 6.19 Å². The summed E-state index contributed by atoms with van der Waals surface area (Å²) in [4.78, 5) is 9.67. The Bertz CT molecular complexity index is 406. The molecule has 5 nitrogen and oxygen atoms in total. The maximum absolute atomic E-state index is 8.80. The molecule has 0 aromatic carbocycles. The van der Waals surface area contributed by atoms with Gasteiger partial charge in [-0.25, -0.2) is 9.97 Å². The molecular formula is C12H17N5. The van der Waals surface area contributed by atoms with Gasteiger partial charge < -0.3 is 5.32 Å². The van der Waals surface area contributed by atoms with Crippen molar-refractivity contribution >= 4 is 11.6 Å². The molecule has 1 aliphatic rings. The monoisotopic (exact) mass is 231 g/mol. The summed E-state index contributed by atoms with van der Waals surface area (Å²) in [5.74, 6) is 1.44. The minimum atomic E-state index is 0.513. The average Bonchev–Trinajstić information content (AvgIpc) is 2.39. The van der Waals surface area contributed by atoms with E-state index in [1.54, 1.807) is 7.05 Å². The van der Waals surface area contributed by atoms with Gasteiger partial charge in [0.25, 0.3) is 0 Å². The Morgan fingerprint density at radius 3 is 2.82 bits per heavy atom. The summed E-state index contributed by atoms with van der Waals surface area (Å²) in [5.41, 5.74) is 0. The van der Waals surface area contributed by atoms with Gasteiger partial charge in [0.05, 0.1) is 0 Å². The third kappa shape index (κ3) is 3.06. The minimum Gasteiger partial charge on any atom is -0.367 e. The first-order valence-electron chi connectivity index (χ1n) is 6.01. The van der Waals surface area contributed by atoms with Gasteiger partial charge in [0, 0.05) is 19.2 Å². The lowest BCUT2D eigenvalue weighted by molar-refractivity contribution is 0.462. The number of nitrogens with zero attached hydrogens (tertiary/aromatic N) is 4. The highest BCUT2D eigenvalue weighted by Gasteiger charge is 2.14. The van der Waals surface area contributed by atoms with Crippen LogP contribution in [0.4, 0.5) is 11.6 Å². The molecule has 0 aliphatic heterocycles. The molecule has 1 aromatic heterocycles. The molecule has 0 saturated heterocycles. The molecule has 0 unspecified atom stereocenters.